The quantitative estimate of drug-likeness (QED) is 0.161. The van der Waals surface area contributed by atoms with Gasteiger partial charge < -0.3 is 20.1 Å². The highest BCUT2D eigenvalue weighted by atomic mass is 35.5. The van der Waals surface area contributed by atoms with Gasteiger partial charge in [0.05, 0.1) is 17.1 Å². The van der Waals surface area contributed by atoms with Crippen molar-refractivity contribution in [3.05, 3.63) is 92.0 Å². The Morgan fingerprint density at radius 1 is 1.13 bits per heavy atom. The maximum absolute atomic E-state index is 12.6. The number of amides is 2. The molecule has 2 amide bonds. The number of carbonyl (C=O) groups excluding carboxylic acids is 2. The summed E-state index contributed by atoms with van der Waals surface area (Å²) < 4.78 is 11.0. The fraction of sp³-hybridized carbons (Fsp3) is 0.148. The van der Waals surface area contributed by atoms with Gasteiger partial charge in [-0.25, -0.2) is 0 Å². The van der Waals surface area contributed by atoms with E-state index in [9.17, 15) is 25.0 Å². The van der Waals surface area contributed by atoms with Crippen molar-refractivity contribution in [1.82, 2.24) is 0 Å². The molecule has 0 saturated heterocycles. The van der Waals surface area contributed by atoms with E-state index in [4.69, 9.17) is 21.1 Å². The molecule has 0 aliphatic carbocycles. The predicted molar refractivity (Wildman–Crippen MR) is 143 cm³/mol. The van der Waals surface area contributed by atoms with Crippen molar-refractivity contribution >= 4 is 46.6 Å². The number of nitro benzene ring substituents is 1. The van der Waals surface area contributed by atoms with Crippen LogP contribution in [0.3, 0.4) is 0 Å². The Morgan fingerprint density at radius 3 is 2.58 bits per heavy atom. The van der Waals surface area contributed by atoms with Gasteiger partial charge in [0.15, 0.2) is 18.1 Å². The number of nitrogens with one attached hydrogen (secondary N) is 2. The highest BCUT2D eigenvalue weighted by Crippen LogP contribution is 2.37. The van der Waals surface area contributed by atoms with Crippen molar-refractivity contribution in [3.63, 3.8) is 0 Å². The number of nitro groups is 1. The first-order valence-electron chi connectivity index (χ1n) is 11.2. The number of nitriles is 1. The minimum atomic E-state index is -0.772. The molecule has 3 aromatic carbocycles. The SMILES string of the molecule is COc1cc(/C=C(/C#N)C(=O)Nc2cccc([N+](=O)[O-])c2)cc(Cl)c1OCC(=O)Nc1cc(C)ccc1C. The van der Waals surface area contributed by atoms with Gasteiger partial charge in [0.1, 0.15) is 11.6 Å². The zero-order chi connectivity index (χ0) is 27.8. The highest BCUT2D eigenvalue weighted by Gasteiger charge is 2.17. The molecule has 0 unspecified atom stereocenters. The minimum Gasteiger partial charge on any atom is -0.493 e. The molecule has 0 spiro atoms. The molecule has 0 aliphatic rings. The molecular weight excluding hydrogens is 512 g/mol. The van der Waals surface area contributed by atoms with E-state index in [1.807, 2.05) is 32.0 Å². The summed E-state index contributed by atoms with van der Waals surface area (Å²) in [4.78, 5) is 35.4. The van der Waals surface area contributed by atoms with E-state index in [1.165, 1.54) is 49.6 Å². The molecule has 0 aliphatic heterocycles. The first kappa shape index (κ1) is 27.7. The van der Waals surface area contributed by atoms with Gasteiger partial charge in [0.25, 0.3) is 17.5 Å². The van der Waals surface area contributed by atoms with Gasteiger partial charge in [0, 0.05) is 23.5 Å². The van der Waals surface area contributed by atoms with Crippen molar-refractivity contribution in [2.75, 3.05) is 24.4 Å². The number of benzene rings is 3. The van der Waals surface area contributed by atoms with Crippen LogP contribution in [0.4, 0.5) is 17.1 Å². The molecule has 0 atom stereocenters. The number of hydrogen-bond donors (Lipinski definition) is 2. The van der Waals surface area contributed by atoms with Crippen molar-refractivity contribution in [2.24, 2.45) is 0 Å². The molecule has 0 saturated carbocycles. The van der Waals surface area contributed by atoms with E-state index in [0.29, 0.717) is 11.3 Å². The number of carbonyl (C=O) groups is 2. The Labute approximate surface area is 223 Å². The van der Waals surface area contributed by atoms with Gasteiger partial charge in [-0.3, -0.25) is 19.7 Å². The summed E-state index contributed by atoms with van der Waals surface area (Å²) in [5.41, 5.74) is 2.59. The third-order valence-electron chi connectivity index (χ3n) is 5.26. The van der Waals surface area contributed by atoms with Crippen LogP contribution in [0.25, 0.3) is 6.08 Å². The first-order chi connectivity index (χ1) is 18.1. The fourth-order valence-electron chi connectivity index (χ4n) is 3.37. The van der Waals surface area contributed by atoms with Gasteiger partial charge in [-0.2, -0.15) is 5.26 Å². The van der Waals surface area contributed by atoms with Crippen LogP contribution >= 0.6 is 11.6 Å². The van der Waals surface area contributed by atoms with Gasteiger partial charge in [-0.1, -0.05) is 29.8 Å². The second-order valence-corrected chi connectivity index (χ2v) is 8.53. The normalized spacial score (nSPS) is 10.8. The lowest BCUT2D eigenvalue weighted by Crippen LogP contribution is -2.21. The summed E-state index contributed by atoms with van der Waals surface area (Å²) in [7, 11) is 1.38. The first-order valence-corrected chi connectivity index (χ1v) is 11.5. The Bertz CT molecular complexity index is 1480. The number of anilines is 2. The van der Waals surface area contributed by atoms with Gasteiger partial charge >= 0.3 is 0 Å². The number of methoxy groups -OCH3 is 1. The molecule has 3 aromatic rings. The molecule has 10 nitrogen and oxygen atoms in total. The summed E-state index contributed by atoms with van der Waals surface area (Å²) in [5.74, 6) is -0.876. The van der Waals surface area contributed by atoms with Crippen LogP contribution in [0.2, 0.25) is 5.02 Å². The van der Waals surface area contributed by atoms with E-state index < -0.39 is 16.7 Å². The lowest BCUT2D eigenvalue weighted by Gasteiger charge is -2.14. The zero-order valence-electron chi connectivity index (χ0n) is 20.7. The summed E-state index contributed by atoms with van der Waals surface area (Å²) in [6.45, 7) is 3.45. The van der Waals surface area contributed by atoms with Crippen LogP contribution in [0.1, 0.15) is 16.7 Å². The average molecular weight is 535 g/mol. The van der Waals surface area contributed by atoms with Gasteiger partial charge in [0.2, 0.25) is 0 Å². The Balaban J connectivity index is 1.75. The number of hydrogen-bond acceptors (Lipinski definition) is 7. The van der Waals surface area contributed by atoms with E-state index in [-0.39, 0.29) is 40.1 Å². The summed E-state index contributed by atoms with van der Waals surface area (Å²) >= 11 is 6.37. The Morgan fingerprint density at radius 2 is 1.89 bits per heavy atom. The number of non-ortho nitro benzene ring substituents is 1. The van der Waals surface area contributed by atoms with E-state index in [0.717, 1.165) is 11.1 Å². The van der Waals surface area contributed by atoms with Crippen LogP contribution in [0.5, 0.6) is 11.5 Å². The summed E-state index contributed by atoms with van der Waals surface area (Å²) in [5, 5.41) is 25.8. The second kappa shape index (κ2) is 12.4. The smallest absolute Gasteiger partial charge is 0.271 e. The number of halogens is 1. The topological polar surface area (TPSA) is 144 Å². The summed E-state index contributed by atoms with van der Waals surface area (Å²) in [6.07, 6.45) is 1.28. The van der Waals surface area contributed by atoms with Gasteiger partial charge in [-0.15, -0.1) is 0 Å². The van der Waals surface area contributed by atoms with Crippen LogP contribution in [-0.4, -0.2) is 30.5 Å². The largest absolute Gasteiger partial charge is 0.493 e. The van der Waals surface area contributed by atoms with Crippen molar-refractivity contribution in [2.45, 2.75) is 13.8 Å². The fourth-order valence-corrected chi connectivity index (χ4v) is 3.64. The third-order valence-corrected chi connectivity index (χ3v) is 5.54. The standard InChI is InChI=1S/C27H23ClN4O6/c1-16-7-8-17(2)23(9-16)31-25(33)15-38-26-22(28)11-18(12-24(26)37-3)10-19(14-29)27(34)30-20-5-4-6-21(13-20)32(35)36/h4-13H,15H2,1-3H3,(H,30,34)(H,31,33)/b19-10-. The minimum absolute atomic E-state index is 0.0894. The molecular formula is C27H23ClN4O6. The average Bonchev–Trinajstić information content (AvgIpc) is 2.88. The molecule has 0 radical (unpaired) electrons. The molecule has 0 fully saturated rings. The van der Waals surface area contributed by atoms with E-state index in [2.05, 4.69) is 10.6 Å². The number of nitrogens with zero attached hydrogens (tertiary/aromatic N) is 2. The highest BCUT2D eigenvalue weighted by molar-refractivity contribution is 6.32. The molecule has 0 aromatic heterocycles. The van der Waals surface area contributed by atoms with E-state index in [1.54, 1.807) is 6.07 Å². The van der Waals surface area contributed by atoms with Crippen LogP contribution < -0.4 is 20.1 Å². The van der Waals surface area contributed by atoms with Crippen LogP contribution in [0, 0.1) is 35.3 Å². The number of rotatable bonds is 9. The third kappa shape index (κ3) is 7.09. The van der Waals surface area contributed by atoms with Crippen LogP contribution in [-0.2, 0) is 9.59 Å². The molecule has 194 valence electrons. The molecule has 38 heavy (non-hydrogen) atoms. The lowest BCUT2D eigenvalue weighted by molar-refractivity contribution is -0.384. The molecule has 0 heterocycles. The van der Waals surface area contributed by atoms with Crippen LogP contribution in [0.15, 0.2) is 60.2 Å². The zero-order valence-corrected chi connectivity index (χ0v) is 21.5. The molecule has 3 rings (SSSR count). The van der Waals surface area contributed by atoms with Crippen molar-refractivity contribution in [3.8, 4) is 17.6 Å². The van der Waals surface area contributed by atoms with E-state index >= 15 is 0 Å². The monoisotopic (exact) mass is 534 g/mol. The maximum atomic E-state index is 12.6. The molecule has 2 N–H and O–H groups in total. The number of aryl methyl sites for hydroxylation is 2. The Hall–Kier alpha value is -4.88. The molecule has 11 heteroatoms. The van der Waals surface area contributed by atoms with Crippen molar-refractivity contribution in [1.29, 1.82) is 5.26 Å². The molecule has 0 bridgehead atoms. The van der Waals surface area contributed by atoms with Crippen molar-refractivity contribution < 1.29 is 24.0 Å². The van der Waals surface area contributed by atoms with Gasteiger partial charge in [-0.05, 0) is 60.9 Å². The second-order valence-electron chi connectivity index (χ2n) is 8.12. The maximum Gasteiger partial charge on any atom is 0.271 e. The lowest BCUT2D eigenvalue weighted by atomic mass is 10.1. The summed E-state index contributed by atoms with van der Waals surface area (Å²) in [6, 6.07) is 15.8. The predicted octanol–water partition coefficient (Wildman–Crippen LogP) is 5.44. The number of ether oxygens (including phenoxy) is 2. The Kier molecular flexibility index (Phi) is 9.03.